The van der Waals surface area contributed by atoms with Gasteiger partial charge in [-0.2, -0.15) is 0 Å². The minimum Gasteiger partial charge on any atom is -0.398 e. The Morgan fingerprint density at radius 3 is 2.56 bits per heavy atom. The summed E-state index contributed by atoms with van der Waals surface area (Å²) in [5.41, 5.74) is 11.0. The summed E-state index contributed by atoms with van der Waals surface area (Å²) in [7, 11) is 0. The molecule has 1 aromatic heterocycles. The number of benzene rings is 1. The lowest BCUT2D eigenvalue weighted by Gasteiger charge is -2.12. The van der Waals surface area contributed by atoms with Crippen LogP contribution in [0.25, 0.3) is 10.9 Å². The topological polar surface area (TPSA) is 38.9 Å². The van der Waals surface area contributed by atoms with E-state index in [9.17, 15) is 0 Å². The number of nitrogens with two attached hydrogens (primary N) is 1. The summed E-state index contributed by atoms with van der Waals surface area (Å²) < 4.78 is 0. The molecule has 16 heavy (non-hydrogen) atoms. The summed E-state index contributed by atoms with van der Waals surface area (Å²) in [5, 5.41) is 1.74. The minimum atomic E-state index is 0.741. The molecule has 2 N–H and O–H groups in total. The highest BCUT2D eigenvalue weighted by atomic mass is 35.5. The molecule has 0 bridgehead atoms. The van der Waals surface area contributed by atoms with Crippen LogP contribution in [0.5, 0.6) is 0 Å². The lowest BCUT2D eigenvalue weighted by atomic mass is 10.0. The molecule has 0 radical (unpaired) electrons. The van der Waals surface area contributed by atoms with Crippen LogP contribution in [0.1, 0.15) is 23.7 Å². The first-order valence-electron chi connectivity index (χ1n) is 5.40. The van der Waals surface area contributed by atoms with E-state index in [0.29, 0.717) is 0 Å². The number of aryl methyl sites for hydroxylation is 2. The molecule has 0 aliphatic rings. The van der Waals surface area contributed by atoms with Crippen molar-refractivity contribution in [1.29, 1.82) is 0 Å². The van der Waals surface area contributed by atoms with Crippen molar-refractivity contribution in [3.05, 3.63) is 34.0 Å². The van der Waals surface area contributed by atoms with Gasteiger partial charge in [0.05, 0.1) is 5.52 Å². The number of pyridine rings is 1. The van der Waals surface area contributed by atoms with Gasteiger partial charge in [0.15, 0.2) is 0 Å². The van der Waals surface area contributed by atoms with Gasteiger partial charge in [-0.1, -0.05) is 18.5 Å². The molecule has 0 amide bonds. The van der Waals surface area contributed by atoms with Crippen LogP contribution < -0.4 is 5.73 Å². The van der Waals surface area contributed by atoms with E-state index in [1.807, 2.05) is 26.0 Å². The molecule has 0 aliphatic heterocycles. The molecule has 3 heteroatoms. The van der Waals surface area contributed by atoms with Crippen molar-refractivity contribution >= 4 is 28.2 Å². The second-order valence-corrected chi connectivity index (χ2v) is 4.43. The van der Waals surface area contributed by atoms with E-state index in [-0.39, 0.29) is 0 Å². The molecular formula is C13H15ClN2. The Labute approximate surface area is 100 Å². The lowest BCUT2D eigenvalue weighted by Crippen LogP contribution is -2.01. The van der Waals surface area contributed by atoms with Crippen LogP contribution in [0.3, 0.4) is 0 Å². The van der Waals surface area contributed by atoms with Gasteiger partial charge in [-0.05, 0) is 43.5 Å². The van der Waals surface area contributed by atoms with Crippen molar-refractivity contribution in [2.75, 3.05) is 5.73 Å². The number of hydrogen-bond acceptors (Lipinski definition) is 2. The Bertz CT molecular complexity index is 562. The van der Waals surface area contributed by atoms with E-state index in [4.69, 9.17) is 17.3 Å². The Hall–Kier alpha value is -1.28. The van der Waals surface area contributed by atoms with Crippen molar-refractivity contribution in [1.82, 2.24) is 4.98 Å². The fourth-order valence-corrected chi connectivity index (χ4v) is 2.11. The molecule has 0 saturated carbocycles. The third kappa shape index (κ3) is 1.54. The van der Waals surface area contributed by atoms with Gasteiger partial charge in [-0.15, -0.1) is 0 Å². The molecule has 0 spiro atoms. The minimum absolute atomic E-state index is 0.741. The summed E-state index contributed by atoms with van der Waals surface area (Å²) in [6.45, 7) is 6.08. The summed E-state index contributed by atoms with van der Waals surface area (Å²) in [4.78, 5) is 4.65. The molecule has 2 rings (SSSR count). The number of nitrogen functional groups attached to an aromatic ring is 1. The summed E-state index contributed by atoms with van der Waals surface area (Å²) in [6, 6.07) is 3.82. The Balaban J connectivity index is 2.93. The zero-order valence-electron chi connectivity index (χ0n) is 9.76. The van der Waals surface area contributed by atoms with Gasteiger partial charge in [-0.25, -0.2) is 0 Å². The van der Waals surface area contributed by atoms with Gasteiger partial charge in [0.25, 0.3) is 0 Å². The lowest BCUT2D eigenvalue weighted by molar-refractivity contribution is 1.03. The number of fused-ring (bicyclic) bond motifs is 1. The highest BCUT2D eigenvalue weighted by Gasteiger charge is 2.11. The van der Waals surface area contributed by atoms with Gasteiger partial charge in [-0.3, -0.25) is 4.98 Å². The average Bonchev–Trinajstić information content (AvgIpc) is 2.28. The van der Waals surface area contributed by atoms with Crippen LogP contribution in [0.15, 0.2) is 12.1 Å². The van der Waals surface area contributed by atoms with E-state index >= 15 is 0 Å². The van der Waals surface area contributed by atoms with Gasteiger partial charge in [0.1, 0.15) is 0 Å². The number of nitrogens with zero attached hydrogens (tertiary/aromatic N) is 1. The van der Waals surface area contributed by atoms with Gasteiger partial charge in [0, 0.05) is 21.8 Å². The summed E-state index contributed by atoms with van der Waals surface area (Å²) >= 11 is 6.09. The number of rotatable bonds is 1. The average molecular weight is 235 g/mol. The Morgan fingerprint density at radius 2 is 1.94 bits per heavy atom. The SMILES string of the molecule is CCc1nc2c(C)c(Cl)ccc2c(N)c1C. The van der Waals surface area contributed by atoms with Crippen LogP contribution in [-0.2, 0) is 6.42 Å². The molecule has 0 aliphatic carbocycles. The van der Waals surface area contributed by atoms with Crippen molar-refractivity contribution in [2.45, 2.75) is 27.2 Å². The first-order chi connectivity index (χ1) is 7.56. The molecule has 1 aromatic carbocycles. The largest absolute Gasteiger partial charge is 0.398 e. The maximum Gasteiger partial charge on any atom is 0.0770 e. The zero-order chi connectivity index (χ0) is 11.9. The molecule has 84 valence electrons. The van der Waals surface area contributed by atoms with Gasteiger partial charge in [0.2, 0.25) is 0 Å². The third-order valence-corrected chi connectivity index (χ3v) is 3.48. The quantitative estimate of drug-likeness (QED) is 0.818. The van der Waals surface area contributed by atoms with E-state index in [1.54, 1.807) is 0 Å². The van der Waals surface area contributed by atoms with Crippen LogP contribution in [0, 0.1) is 13.8 Å². The van der Waals surface area contributed by atoms with Gasteiger partial charge >= 0.3 is 0 Å². The van der Waals surface area contributed by atoms with Crippen LogP contribution in [0.2, 0.25) is 5.02 Å². The van der Waals surface area contributed by atoms with Gasteiger partial charge < -0.3 is 5.73 Å². The maximum absolute atomic E-state index is 6.13. The monoisotopic (exact) mass is 234 g/mol. The number of hydrogen-bond donors (Lipinski definition) is 1. The highest BCUT2D eigenvalue weighted by Crippen LogP contribution is 2.30. The summed E-state index contributed by atoms with van der Waals surface area (Å²) in [6.07, 6.45) is 0.887. The maximum atomic E-state index is 6.13. The first kappa shape index (κ1) is 11.2. The highest BCUT2D eigenvalue weighted by molar-refractivity contribution is 6.32. The predicted octanol–water partition coefficient (Wildman–Crippen LogP) is 3.65. The summed E-state index contributed by atoms with van der Waals surface area (Å²) in [5.74, 6) is 0. The molecule has 0 fully saturated rings. The first-order valence-corrected chi connectivity index (χ1v) is 5.77. The fraction of sp³-hybridized carbons (Fsp3) is 0.308. The van der Waals surface area contributed by atoms with Crippen molar-refractivity contribution in [3.8, 4) is 0 Å². The molecular weight excluding hydrogens is 220 g/mol. The van der Waals surface area contributed by atoms with Crippen molar-refractivity contribution in [2.24, 2.45) is 0 Å². The molecule has 2 aromatic rings. The number of anilines is 1. The standard InChI is InChI=1S/C13H15ClN2/c1-4-11-8(3)12(15)9-5-6-10(14)7(2)13(9)16-11/h5-6H,4H2,1-3H3,(H2,15,16). The second kappa shape index (κ2) is 3.95. The predicted molar refractivity (Wildman–Crippen MR) is 70.0 cm³/mol. The van der Waals surface area contributed by atoms with Crippen molar-refractivity contribution < 1.29 is 0 Å². The number of halogens is 1. The second-order valence-electron chi connectivity index (χ2n) is 4.02. The van der Waals surface area contributed by atoms with Crippen LogP contribution >= 0.6 is 11.6 Å². The van der Waals surface area contributed by atoms with E-state index in [2.05, 4.69) is 11.9 Å². The molecule has 2 nitrogen and oxygen atoms in total. The molecule has 1 heterocycles. The molecule has 0 unspecified atom stereocenters. The Kier molecular flexibility index (Phi) is 2.76. The van der Waals surface area contributed by atoms with Crippen LogP contribution in [0.4, 0.5) is 5.69 Å². The van der Waals surface area contributed by atoms with E-state index in [1.165, 1.54) is 0 Å². The third-order valence-electron chi connectivity index (χ3n) is 3.07. The molecule has 0 atom stereocenters. The van der Waals surface area contributed by atoms with E-state index < -0.39 is 0 Å². The van der Waals surface area contributed by atoms with Crippen molar-refractivity contribution in [3.63, 3.8) is 0 Å². The zero-order valence-corrected chi connectivity index (χ0v) is 10.5. The Morgan fingerprint density at radius 1 is 1.25 bits per heavy atom. The van der Waals surface area contributed by atoms with Crippen LogP contribution in [-0.4, -0.2) is 4.98 Å². The molecule has 0 saturated heterocycles. The fourth-order valence-electron chi connectivity index (χ4n) is 1.96. The normalized spacial score (nSPS) is 11.0. The smallest absolute Gasteiger partial charge is 0.0770 e. The number of aromatic nitrogens is 1. The van der Waals surface area contributed by atoms with E-state index in [0.717, 1.165) is 44.9 Å².